The lowest BCUT2D eigenvalue weighted by Gasteiger charge is -2.35. The molecule has 30 heavy (non-hydrogen) atoms. The van der Waals surface area contributed by atoms with Crippen molar-refractivity contribution in [2.45, 2.75) is 77.4 Å². The van der Waals surface area contributed by atoms with Gasteiger partial charge in [0.2, 0.25) is 5.91 Å². The maximum atomic E-state index is 12.9. The molecule has 0 saturated carbocycles. The van der Waals surface area contributed by atoms with Gasteiger partial charge in [0.1, 0.15) is 5.60 Å². The van der Waals surface area contributed by atoms with Crippen LogP contribution in [0.4, 0.5) is 4.79 Å². The summed E-state index contributed by atoms with van der Waals surface area (Å²) in [5.41, 5.74) is 0.159. The minimum atomic E-state index is -0.812. The van der Waals surface area contributed by atoms with Gasteiger partial charge in [0.05, 0.1) is 30.2 Å². The van der Waals surface area contributed by atoms with Crippen molar-refractivity contribution in [2.75, 3.05) is 13.7 Å². The van der Waals surface area contributed by atoms with Crippen molar-refractivity contribution < 1.29 is 24.2 Å². The number of nitrogens with zero attached hydrogens (tertiary/aromatic N) is 1. The summed E-state index contributed by atoms with van der Waals surface area (Å²) in [4.78, 5) is 27.2. The van der Waals surface area contributed by atoms with Gasteiger partial charge in [0.15, 0.2) is 0 Å². The van der Waals surface area contributed by atoms with E-state index in [0.29, 0.717) is 6.54 Å². The molecule has 7 nitrogen and oxygen atoms in total. The second-order valence-electron chi connectivity index (χ2n) is 9.03. The molecule has 1 aliphatic heterocycles. The van der Waals surface area contributed by atoms with Gasteiger partial charge in [-0.25, -0.2) is 4.79 Å². The van der Waals surface area contributed by atoms with Crippen molar-refractivity contribution in [1.82, 2.24) is 10.2 Å². The van der Waals surface area contributed by atoms with Gasteiger partial charge in [0, 0.05) is 13.7 Å². The number of rotatable bonds is 7. The Morgan fingerprint density at radius 3 is 2.40 bits per heavy atom. The highest BCUT2D eigenvalue weighted by Crippen LogP contribution is 2.28. The second-order valence-corrected chi connectivity index (χ2v) is 9.03. The van der Waals surface area contributed by atoms with Crippen LogP contribution in [0.3, 0.4) is 0 Å². The van der Waals surface area contributed by atoms with Crippen molar-refractivity contribution in [1.29, 1.82) is 0 Å². The number of aliphatic hydroxyl groups is 1. The van der Waals surface area contributed by atoms with Gasteiger partial charge < -0.3 is 24.8 Å². The van der Waals surface area contributed by atoms with Crippen LogP contribution < -0.4 is 5.32 Å². The Balaban J connectivity index is 2.04. The molecule has 2 amide bonds. The summed E-state index contributed by atoms with van der Waals surface area (Å²) in [6.45, 7) is 9.64. The van der Waals surface area contributed by atoms with Crippen LogP contribution in [0, 0.1) is 5.92 Å². The van der Waals surface area contributed by atoms with Crippen molar-refractivity contribution in [3.05, 3.63) is 35.9 Å². The Morgan fingerprint density at radius 2 is 1.83 bits per heavy atom. The molecule has 7 heteroatoms. The molecule has 0 aliphatic carbocycles. The Kier molecular flexibility index (Phi) is 8.26. The van der Waals surface area contributed by atoms with Crippen LogP contribution in [-0.2, 0) is 14.3 Å². The van der Waals surface area contributed by atoms with E-state index in [0.717, 1.165) is 18.4 Å². The lowest BCUT2D eigenvalue weighted by Crippen LogP contribution is -2.51. The Labute approximate surface area is 179 Å². The van der Waals surface area contributed by atoms with Gasteiger partial charge in [-0.1, -0.05) is 37.3 Å². The van der Waals surface area contributed by atoms with E-state index < -0.39 is 29.8 Å². The van der Waals surface area contributed by atoms with E-state index >= 15 is 0 Å². The van der Waals surface area contributed by atoms with Crippen LogP contribution in [-0.4, -0.2) is 59.5 Å². The molecular weight excluding hydrogens is 384 g/mol. The summed E-state index contributed by atoms with van der Waals surface area (Å²) in [5, 5.41) is 13.4. The Bertz CT molecular complexity index is 703. The Morgan fingerprint density at radius 1 is 1.20 bits per heavy atom. The summed E-state index contributed by atoms with van der Waals surface area (Å²) in [7, 11) is 1.56. The monoisotopic (exact) mass is 420 g/mol. The first-order valence-corrected chi connectivity index (χ1v) is 10.6. The number of amides is 2. The van der Waals surface area contributed by atoms with Gasteiger partial charge in [-0.3, -0.25) is 4.79 Å². The average Bonchev–Trinajstić information content (AvgIpc) is 3.16. The smallest absolute Gasteiger partial charge is 0.410 e. The van der Waals surface area contributed by atoms with Crippen LogP contribution >= 0.6 is 0 Å². The molecule has 1 fully saturated rings. The molecule has 1 aromatic rings. The molecule has 1 saturated heterocycles. The largest absolute Gasteiger partial charge is 0.444 e. The summed E-state index contributed by atoms with van der Waals surface area (Å²) in [5.74, 6) is -0.728. The third kappa shape index (κ3) is 6.19. The van der Waals surface area contributed by atoms with E-state index in [1.54, 1.807) is 25.9 Å². The number of likely N-dealkylation sites (tertiary alicyclic amines) is 1. The third-order valence-electron chi connectivity index (χ3n) is 5.47. The summed E-state index contributed by atoms with van der Waals surface area (Å²) in [6.07, 6.45) is -0.0830. The number of carbonyl (C=O) groups is 2. The lowest BCUT2D eigenvalue weighted by molar-refractivity contribution is -0.132. The van der Waals surface area contributed by atoms with Gasteiger partial charge in [-0.15, -0.1) is 0 Å². The number of carbonyl (C=O) groups excluding carboxylic acids is 2. The van der Waals surface area contributed by atoms with E-state index in [4.69, 9.17) is 9.47 Å². The second kappa shape index (κ2) is 10.3. The molecule has 0 spiro atoms. The maximum absolute atomic E-state index is 12.9. The van der Waals surface area contributed by atoms with Crippen molar-refractivity contribution >= 4 is 12.0 Å². The van der Waals surface area contributed by atoms with E-state index in [2.05, 4.69) is 5.32 Å². The van der Waals surface area contributed by atoms with Crippen LogP contribution in [0.1, 0.15) is 59.1 Å². The van der Waals surface area contributed by atoms with Crippen molar-refractivity contribution in [3.8, 4) is 0 Å². The molecule has 1 heterocycles. The maximum Gasteiger partial charge on any atom is 0.410 e. The molecule has 168 valence electrons. The van der Waals surface area contributed by atoms with Gasteiger partial charge in [-0.2, -0.15) is 0 Å². The zero-order valence-electron chi connectivity index (χ0n) is 18.9. The fourth-order valence-corrected chi connectivity index (χ4v) is 3.90. The summed E-state index contributed by atoms with van der Waals surface area (Å²) >= 11 is 0. The number of benzene rings is 1. The molecule has 1 aliphatic rings. The van der Waals surface area contributed by atoms with E-state index in [9.17, 15) is 14.7 Å². The lowest BCUT2D eigenvalue weighted by atomic mass is 9.94. The SMILES string of the molecule is COC(C1CCCN1C(=O)OC(C)(C)C)[C@@H](C)C(=O)NC(C)C(O)c1ccccc1. The Hall–Kier alpha value is -2.12. The highest BCUT2D eigenvalue weighted by molar-refractivity contribution is 5.79. The number of aliphatic hydroxyl groups excluding tert-OH is 1. The first kappa shape index (κ1) is 24.2. The average molecular weight is 421 g/mol. The number of nitrogens with one attached hydrogen (secondary N) is 1. The fraction of sp³-hybridized carbons (Fsp3) is 0.652. The molecule has 2 rings (SSSR count). The molecule has 1 aromatic carbocycles. The molecular formula is C23H36N2O5. The minimum Gasteiger partial charge on any atom is -0.444 e. The topological polar surface area (TPSA) is 88.1 Å². The first-order valence-electron chi connectivity index (χ1n) is 10.6. The van der Waals surface area contributed by atoms with Crippen LogP contribution in [0.2, 0.25) is 0 Å². The van der Waals surface area contributed by atoms with Crippen LogP contribution in [0.25, 0.3) is 0 Å². The highest BCUT2D eigenvalue weighted by Gasteiger charge is 2.41. The van der Waals surface area contributed by atoms with Crippen LogP contribution in [0.15, 0.2) is 30.3 Å². The zero-order chi connectivity index (χ0) is 22.5. The summed E-state index contributed by atoms with van der Waals surface area (Å²) in [6, 6.07) is 8.52. The zero-order valence-corrected chi connectivity index (χ0v) is 18.9. The number of hydrogen-bond donors (Lipinski definition) is 2. The van der Waals surface area contributed by atoms with E-state index in [-0.39, 0.29) is 18.0 Å². The summed E-state index contributed by atoms with van der Waals surface area (Å²) < 4.78 is 11.2. The minimum absolute atomic E-state index is 0.222. The first-order chi connectivity index (χ1) is 14.0. The predicted octanol–water partition coefficient (Wildman–Crippen LogP) is 3.28. The highest BCUT2D eigenvalue weighted by atomic mass is 16.6. The van der Waals surface area contributed by atoms with E-state index in [1.165, 1.54) is 0 Å². The van der Waals surface area contributed by atoms with Crippen molar-refractivity contribution in [3.63, 3.8) is 0 Å². The molecule has 5 atom stereocenters. The number of methoxy groups -OCH3 is 1. The molecule has 0 aromatic heterocycles. The quantitative estimate of drug-likeness (QED) is 0.707. The normalized spacial score (nSPS) is 20.9. The van der Waals surface area contributed by atoms with Gasteiger partial charge in [-0.05, 0) is 46.1 Å². The van der Waals surface area contributed by atoms with Crippen LogP contribution in [0.5, 0.6) is 0 Å². The van der Waals surface area contributed by atoms with Gasteiger partial charge in [0.25, 0.3) is 0 Å². The van der Waals surface area contributed by atoms with E-state index in [1.807, 2.05) is 51.1 Å². The third-order valence-corrected chi connectivity index (χ3v) is 5.47. The standard InChI is InChI=1S/C23H36N2O5/c1-15(21(27)24-16(2)19(26)17-11-8-7-9-12-17)20(29-6)18-13-10-14-25(18)22(28)30-23(3,4)5/h7-9,11-12,15-16,18-20,26H,10,13-14H2,1-6H3,(H,24,27)/t15-,16?,18?,19?,20?/m1/s1. The van der Waals surface area contributed by atoms with Gasteiger partial charge >= 0.3 is 6.09 Å². The number of hydrogen-bond acceptors (Lipinski definition) is 5. The fourth-order valence-electron chi connectivity index (χ4n) is 3.90. The molecule has 0 bridgehead atoms. The predicted molar refractivity (Wildman–Crippen MR) is 115 cm³/mol. The molecule has 4 unspecified atom stereocenters. The number of ether oxygens (including phenoxy) is 2. The van der Waals surface area contributed by atoms with Crippen molar-refractivity contribution in [2.24, 2.45) is 5.92 Å². The molecule has 2 N–H and O–H groups in total. The molecule has 0 radical (unpaired) electrons.